The predicted octanol–water partition coefficient (Wildman–Crippen LogP) is 0.264. The zero-order chi connectivity index (χ0) is 17.0. The number of hydrogen-bond donors (Lipinski definition) is 0. The largest absolute Gasteiger partial charge is 0.790 e. The van der Waals surface area contributed by atoms with Crippen LogP contribution in [-0.2, 0) is 28.2 Å². The quantitative estimate of drug-likeness (QED) is 0.202. The molecule has 0 aliphatic heterocycles. The monoisotopic (exact) mass is 336 g/mol. The minimum Gasteiger partial charge on any atom is -0.790 e. The third-order valence-electron chi connectivity index (χ3n) is 2.68. The molecule has 0 saturated heterocycles. The van der Waals surface area contributed by atoms with Crippen LogP contribution in [0.4, 0.5) is 0 Å². The number of carbonyl (C=O) groups is 3. The summed E-state index contributed by atoms with van der Waals surface area (Å²) in [5.41, 5.74) is 0. The molecule has 0 rings (SSSR count). The van der Waals surface area contributed by atoms with Gasteiger partial charge in [0.15, 0.2) is 12.4 Å². The van der Waals surface area contributed by atoms with Gasteiger partial charge in [0.1, 0.15) is 18.8 Å². The topological polar surface area (TPSA) is 133 Å². The molecule has 128 valence electrons. The summed E-state index contributed by atoms with van der Waals surface area (Å²) in [5, 5.41) is 0. The normalized spacial score (nSPS) is 11.2. The molecule has 0 aromatic rings. The molecule has 22 heavy (non-hydrogen) atoms. The molecule has 0 aromatic heterocycles. The van der Waals surface area contributed by atoms with E-state index in [-0.39, 0.29) is 12.2 Å². The first-order valence-corrected chi connectivity index (χ1v) is 8.56. The lowest BCUT2D eigenvalue weighted by Crippen LogP contribution is -2.23. The van der Waals surface area contributed by atoms with Gasteiger partial charge in [-0.05, 0) is 6.42 Å². The zero-order valence-electron chi connectivity index (χ0n) is 12.6. The molecule has 0 spiro atoms. The summed E-state index contributed by atoms with van der Waals surface area (Å²) < 4.78 is 18.4. The molecule has 0 aromatic carbocycles. The number of ketones is 2. The molecule has 0 aliphatic rings. The molecule has 0 atom stereocenters. The molecule has 0 fully saturated rings. The number of phosphoric ester groups is 1. The fourth-order valence-electron chi connectivity index (χ4n) is 1.58. The predicted molar refractivity (Wildman–Crippen MR) is 72.5 cm³/mol. The van der Waals surface area contributed by atoms with E-state index in [0.717, 1.165) is 25.7 Å². The Labute approximate surface area is 129 Å². The van der Waals surface area contributed by atoms with Crippen molar-refractivity contribution in [1.82, 2.24) is 0 Å². The highest BCUT2D eigenvalue weighted by Gasteiger charge is 2.13. The highest BCUT2D eigenvalue weighted by molar-refractivity contribution is 7.43. The van der Waals surface area contributed by atoms with Gasteiger partial charge in [0.25, 0.3) is 0 Å². The summed E-state index contributed by atoms with van der Waals surface area (Å²) in [6, 6.07) is 0. The third kappa shape index (κ3) is 13.9. The summed E-state index contributed by atoms with van der Waals surface area (Å²) in [7, 11) is -5.23. The van der Waals surface area contributed by atoms with E-state index in [9.17, 15) is 28.7 Å². The van der Waals surface area contributed by atoms with Crippen molar-refractivity contribution >= 4 is 25.4 Å². The van der Waals surface area contributed by atoms with Gasteiger partial charge < -0.3 is 23.6 Å². The van der Waals surface area contributed by atoms with Crippen molar-refractivity contribution in [3.63, 3.8) is 0 Å². The Morgan fingerprint density at radius 1 is 0.955 bits per heavy atom. The van der Waals surface area contributed by atoms with Crippen molar-refractivity contribution in [2.45, 2.75) is 51.9 Å². The van der Waals surface area contributed by atoms with E-state index < -0.39 is 39.2 Å². The molecule has 0 heterocycles. The van der Waals surface area contributed by atoms with Crippen molar-refractivity contribution in [3.05, 3.63) is 0 Å². The van der Waals surface area contributed by atoms with E-state index in [0.29, 0.717) is 6.42 Å². The van der Waals surface area contributed by atoms with Crippen LogP contribution in [0.3, 0.4) is 0 Å². The lowest BCUT2D eigenvalue weighted by Gasteiger charge is -2.27. The van der Waals surface area contributed by atoms with Crippen LogP contribution in [-0.4, -0.2) is 30.7 Å². The second kappa shape index (κ2) is 11.5. The van der Waals surface area contributed by atoms with Gasteiger partial charge in [-0.2, -0.15) is 0 Å². The number of ether oxygens (including phenoxy) is 1. The van der Waals surface area contributed by atoms with E-state index in [1.165, 1.54) is 0 Å². The van der Waals surface area contributed by atoms with Crippen molar-refractivity contribution in [1.29, 1.82) is 0 Å². The molecule has 0 saturated carbocycles. The van der Waals surface area contributed by atoms with Gasteiger partial charge in [-0.15, -0.1) is 0 Å². The van der Waals surface area contributed by atoms with Gasteiger partial charge in [-0.1, -0.05) is 32.6 Å². The van der Waals surface area contributed by atoms with E-state index in [4.69, 9.17) is 0 Å². The van der Waals surface area contributed by atoms with Gasteiger partial charge in [0.2, 0.25) is 0 Å². The highest BCUT2D eigenvalue weighted by atomic mass is 31.2. The Morgan fingerprint density at radius 2 is 1.59 bits per heavy atom. The average Bonchev–Trinajstić information content (AvgIpc) is 2.42. The first kappa shape index (κ1) is 20.9. The molecule has 9 heteroatoms. The summed E-state index contributed by atoms with van der Waals surface area (Å²) in [6.07, 6.45) is 4.75. The number of rotatable bonds is 13. The lowest BCUT2D eigenvalue weighted by molar-refractivity contribution is -0.341. The maximum Gasteiger partial charge on any atom is 0.313 e. The van der Waals surface area contributed by atoms with Crippen molar-refractivity contribution in [3.8, 4) is 0 Å². The Bertz CT molecular complexity index is 414. The van der Waals surface area contributed by atoms with Crippen LogP contribution in [0, 0.1) is 0 Å². The van der Waals surface area contributed by atoms with E-state index >= 15 is 0 Å². The van der Waals surface area contributed by atoms with Crippen LogP contribution in [0.25, 0.3) is 0 Å². The van der Waals surface area contributed by atoms with Crippen LogP contribution in [0.2, 0.25) is 0 Å². The second-order valence-electron chi connectivity index (χ2n) is 4.80. The molecule has 0 radical (unpaired) electrons. The smallest absolute Gasteiger partial charge is 0.313 e. The third-order valence-corrected chi connectivity index (χ3v) is 3.12. The van der Waals surface area contributed by atoms with Gasteiger partial charge >= 0.3 is 5.97 Å². The minimum atomic E-state index is -5.23. The Hall–Kier alpha value is -1.08. The van der Waals surface area contributed by atoms with Crippen LogP contribution in [0.15, 0.2) is 0 Å². The molecule has 0 aliphatic carbocycles. The summed E-state index contributed by atoms with van der Waals surface area (Å²) in [5.74, 6) is -2.01. The van der Waals surface area contributed by atoms with Gasteiger partial charge in [-0.3, -0.25) is 14.4 Å². The number of hydrogen-bond acceptors (Lipinski definition) is 8. The SMILES string of the molecule is CCCCCCCC(=O)CC(=O)OCC(=O)COP(=O)([O-])[O-]. The van der Waals surface area contributed by atoms with E-state index in [2.05, 4.69) is 16.2 Å². The standard InChI is InChI=1S/C13H23O8P/c1-2-3-4-5-6-7-11(14)8-13(16)20-9-12(15)10-21-22(17,18)19/h2-10H2,1H3,(H2,17,18,19)/p-2. The molecule has 0 amide bonds. The van der Waals surface area contributed by atoms with Crippen LogP contribution in [0.5, 0.6) is 0 Å². The van der Waals surface area contributed by atoms with Gasteiger partial charge in [0, 0.05) is 6.42 Å². The van der Waals surface area contributed by atoms with Gasteiger partial charge in [-0.25, -0.2) is 0 Å². The molecular formula is C13H21O8P-2. The zero-order valence-corrected chi connectivity index (χ0v) is 13.5. The maximum absolute atomic E-state index is 11.5. The molecule has 0 N–H and O–H groups in total. The number of unbranched alkanes of at least 4 members (excludes halogenated alkanes) is 4. The number of phosphoric acid groups is 1. The molecule has 8 nitrogen and oxygen atoms in total. The Morgan fingerprint density at radius 3 is 2.18 bits per heavy atom. The van der Waals surface area contributed by atoms with Crippen molar-refractivity contribution < 1.29 is 38.0 Å². The van der Waals surface area contributed by atoms with Gasteiger partial charge in [0.05, 0.1) is 7.82 Å². The summed E-state index contributed by atoms with van der Waals surface area (Å²) in [6.45, 7) is 0.367. The average molecular weight is 336 g/mol. The summed E-state index contributed by atoms with van der Waals surface area (Å²) in [4.78, 5) is 54.1. The number of Topliss-reactive ketones (excluding diaryl/α,β-unsaturated/α-hetero) is 2. The number of carbonyl (C=O) groups excluding carboxylic acids is 3. The first-order valence-electron chi connectivity index (χ1n) is 7.10. The molecule has 0 bridgehead atoms. The van der Waals surface area contributed by atoms with Crippen molar-refractivity contribution in [2.75, 3.05) is 13.2 Å². The fourth-order valence-corrected chi connectivity index (χ4v) is 1.88. The number of esters is 1. The molecule has 0 unspecified atom stereocenters. The Kier molecular flexibility index (Phi) is 10.9. The van der Waals surface area contributed by atoms with Crippen LogP contribution >= 0.6 is 7.82 Å². The summed E-state index contributed by atoms with van der Waals surface area (Å²) >= 11 is 0. The van der Waals surface area contributed by atoms with Crippen LogP contribution in [0.1, 0.15) is 51.9 Å². The fraction of sp³-hybridized carbons (Fsp3) is 0.769. The molecular weight excluding hydrogens is 315 g/mol. The highest BCUT2D eigenvalue weighted by Crippen LogP contribution is 2.23. The first-order chi connectivity index (χ1) is 10.2. The maximum atomic E-state index is 11.5. The minimum absolute atomic E-state index is 0.270. The van der Waals surface area contributed by atoms with E-state index in [1.54, 1.807) is 0 Å². The van der Waals surface area contributed by atoms with Crippen molar-refractivity contribution in [2.24, 2.45) is 0 Å². The van der Waals surface area contributed by atoms with Crippen LogP contribution < -0.4 is 9.79 Å². The second-order valence-corrected chi connectivity index (χ2v) is 5.95. The lowest BCUT2D eigenvalue weighted by atomic mass is 10.1. The van der Waals surface area contributed by atoms with E-state index in [1.807, 2.05) is 0 Å². The Balaban J connectivity index is 3.73.